The summed E-state index contributed by atoms with van der Waals surface area (Å²) in [5.74, 6) is 0.765. The molecule has 0 spiro atoms. The summed E-state index contributed by atoms with van der Waals surface area (Å²) in [7, 11) is 1.61. The van der Waals surface area contributed by atoms with E-state index in [1.54, 1.807) is 18.0 Å². The summed E-state index contributed by atoms with van der Waals surface area (Å²) in [5.41, 5.74) is 1.41. The van der Waals surface area contributed by atoms with Gasteiger partial charge in [-0.15, -0.1) is 0 Å². The topological polar surface area (TPSA) is 50.8 Å². The van der Waals surface area contributed by atoms with Crippen molar-refractivity contribution in [1.29, 1.82) is 5.26 Å². The molecule has 1 aromatic carbocycles. The Morgan fingerprint density at radius 3 is 3.00 bits per heavy atom. The molecule has 4 nitrogen and oxygen atoms in total. The maximum absolute atomic E-state index is 8.67. The van der Waals surface area contributed by atoms with Gasteiger partial charge >= 0.3 is 0 Å². The van der Waals surface area contributed by atoms with Crippen molar-refractivity contribution in [3.8, 4) is 17.5 Å². The molecule has 1 heterocycles. The molecule has 74 valence electrons. The summed E-state index contributed by atoms with van der Waals surface area (Å²) in [6.45, 7) is 0. The minimum atomic E-state index is 0.540. The first kappa shape index (κ1) is 9.28. The Bertz CT molecular complexity index is 511. The van der Waals surface area contributed by atoms with Crippen LogP contribution in [0.4, 0.5) is 0 Å². The number of nitrogens with zero attached hydrogens (tertiary/aromatic N) is 3. The van der Waals surface area contributed by atoms with Gasteiger partial charge < -0.3 is 4.74 Å². The van der Waals surface area contributed by atoms with Crippen LogP contribution >= 0.6 is 0 Å². The molecule has 0 fully saturated rings. The molecule has 0 aliphatic heterocycles. The van der Waals surface area contributed by atoms with Crippen LogP contribution < -0.4 is 4.74 Å². The number of methoxy groups -OCH3 is 1. The third-order valence-electron chi connectivity index (χ3n) is 2.03. The van der Waals surface area contributed by atoms with E-state index in [1.807, 2.05) is 30.3 Å². The fourth-order valence-corrected chi connectivity index (χ4v) is 1.27. The summed E-state index contributed by atoms with van der Waals surface area (Å²) in [5, 5.41) is 12.7. The molecule has 0 atom stereocenters. The van der Waals surface area contributed by atoms with Gasteiger partial charge in [-0.3, -0.25) is 0 Å². The quantitative estimate of drug-likeness (QED) is 0.740. The van der Waals surface area contributed by atoms with Crippen LogP contribution in [0.5, 0.6) is 5.75 Å². The van der Waals surface area contributed by atoms with Gasteiger partial charge in [0.25, 0.3) is 0 Å². The molecular formula is C11H9N3O. The smallest absolute Gasteiger partial charge is 0.121 e. The van der Waals surface area contributed by atoms with Crippen molar-refractivity contribution < 1.29 is 4.74 Å². The molecule has 0 bridgehead atoms. The first-order chi connectivity index (χ1) is 7.33. The van der Waals surface area contributed by atoms with E-state index >= 15 is 0 Å². The van der Waals surface area contributed by atoms with E-state index < -0.39 is 0 Å². The Balaban J connectivity index is 2.41. The molecule has 0 saturated heterocycles. The molecule has 0 N–H and O–H groups in total. The molecule has 0 saturated carbocycles. The predicted octanol–water partition coefficient (Wildman–Crippen LogP) is 1.75. The highest BCUT2D eigenvalue weighted by Crippen LogP contribution is 2.15. The van der Waals surface area contributed by atoms with Crippen molar-refractivity contribution in [2.75, 3.05) is 7.11 Å². The van der Waals surface area contributed by atoms with Crippen LogP contribution in [0.15, 0.2) is 36.7 Å². The van der Waals surface area contributed by atoms with E-state index in [9.17, 15) is 0 Å². The lowest BCUT2D eigenvalue weighted by molar-refractivity contribution is 0.414. The van der Waals surface area contributed by atoms with Gasteiger partial charge in [-0.1, -0.05) is 6.07 Å². The number of aromatic nitrogens is 2. The zero-order valence-electron chi connectivity index (χ0n) is 8.21. The molecule has 1 aromatic heterocycles. The third-order valence-corrected chi connectivity index (χ3v) is 2.03. The van der Waals surface area contributed by atoms with Crippen LogP contribution in [0.2, 0.25) is 0 Å². The van der Waals surface area contributed by atoms with Crippen molar-refractivity contribution in [3.63, 3.8) is 0 Å². The Morgan fingerprint density at radius 1 is 1.47 bits per heavy atom. The highest BCUT2D eigenvalue weighted by Gasteiger charge is 2.00. The molecule has 0 aliphatic rings. The second kappa shape index (κ2) is 3.84. The van der Waals surface area contributed by atoms with Crippen LogP contribution in [0.3, 0.4) is 0 Å². The van der Waals surface area contributed by atoms with Gasteiger partial charge in [0.2, 0.25) is 0 Å². The van der Waals surface area contributed by atoms with E-state index in [0.29, 0.717) is 5.56 Å². The lowest BCUT2D eigenvalue weighted by Gasteiger charge is -2.03. The third kappa shape index (κ3) is 1.81. The second-order valence-electron chi connectivity index (χ2n) is 2.99. The van der Waals surface area contributed by atoms with Gasteiger partial charge in [-0.25, -0.2) is 4.68 Å². The maximum Gasteiger partial charge on any atom is 0.121 e. The number of ether oxygens (including phenoxy) is 1. The normalized spacial score (nSPS) is 9.60. The first-order valence-corrected chi connectivity index (χ1v) is 4.42. The number of hydrogen-bond donors (Lipinski definition) is 0. The van der Waals surface area contributed by atoms with Gasteiger partial charge in [-0.05, 0) is 12.1 Å². The number of hydrogen-bond acceptors (Lipinski definition) is 3. The van der Waals surface area contributed by atoms with Crippen LogP contribution in [0.1, 0.15) is 5.56 Å². The maximum atomic E-state index is 8.67. The molecule has 0 unspecified atom stereocenters. The van der Waals surface area contributed by atoms with Crippen LogP contribution in [-0.4, -0.2) is 16.9 Å². The summed E-state index contributed by atoms with van der Waals surface area (Å²) in [4.78, 5) is 0. The second-order valence-corrected chi connectivity index (χ2v) is 2.99. The largest absolute Gasteiger partial charge is 0.497 e. The average molecular weight is 199 g/mol. The SMILES string of the molecule is COc1cccc(-n2cc(C#N)cn2)c1. The van der Waals surface area contributed by atoms with E-state index in [2.05, 4.69) is 5.10 Å². The summed E-state index contributed by atoms with van der Waals surface area (Å²) in [6, 6.07) is 9.52. The molecule has 4 heteroatoms. The van der Waals surface area contributed by atoms with Gasteiger partial charge in [0.05, 0.1) is 24.6 Å². The van der Waals surface area contributed by atoms with Crippen molar-refractivity contribution >= 4 is 0 Å². The van der Waals surface area contributed by atoms with Gasteiger partial charge in [0.1, 0.15) is 11.8 Å². The summed E-state index contributed by atoms with van der Waals surface area (Å²) < 4.78 is 6.74. The fraction of sp³-hybridized carbons (Fsp3) is 0.0909. The monoisotopic (exact) mass is 199 g/mol. The van der Waals surface area contributed by atoms with Gasteiger partial charge in [-0.2, -0.15) is 10.4 Å². The number of nitriles is 1. The molecule has 0 radical (unpaired) electrons. The lowest BCUT2D eigenvalue weighted by atomic mass is 10.3. The minimum Gasteiger partial charge on any atom is -0.497 e. The molecule has 2 aromatic rings. The lowest BCUT2D eigenvalue weighted by Crippen LogP contribution is -1.94. The van der Waals surface area contributed by atoms with Crippen molar-refractivity contribution in [2.24, 2.45) is 0 Å². The van der Waals surface area contributed by atoms with Crippen LogP contribution in [0.25, 0.3) is 5.69 Å². The minimum absolute atomic E-state index is 0.540. The Hall–Kier alpha value is -2.28. The standard InChI is InChI=1S/C11H9N3O/c1-15-11-4-2-3-10(5-11)14-8-9(6-12)7-13-14/h2-5,7-8H,1H3. The molecular weight excluding hydrogens is 190 g/mol. The summed E-state index contributed by atoms with van der Waals surface area (Å²) in [6.07, 6.45) is 3.20. The molecule has 15 heavy (non-hydrogen) atoms. The van der Waals surface area contributed by atoms with E-state index in [4.69, 9.17) is 10.00 Å². The van der Waals surface area contributed by atoms with Crippen LogP contribution in [-0.2, 0) is 0 Å². The van der Waals surface area contributed by atoms with Crippen molar-refractivity contribution in [1.82, 2.24) is 9.78 Å². The van der Waals surface area contributed by atoms with E-state index in [-0.39, 0.29) is 0 Å². The molecule has 0 amide bonds. The van der Waals surface area contributed by atoms with Crippen molar-refractivity contribution in [2.45, 2.75) is 0 Å². The molecule has 0 aliphatic carbocycles. The zero-order valence-corrected chi connectivity index (χ0v) is 8.21. The van der Waals surface area contributed by atoms with E-state index in [0.717, 1.165) is 11.4 Å². The van der Waals surface area contributed by atoms with Gasteiger partial charge in [0, 0.05) is 12.3 Å². The van der Waals surface area contributed by atoms with E-state index in [1.165, 1.54) is 6.20 Å². The summed E-state index contributed by atoms with van der Waals surface area (Å²) >= 11 is 0. The highest BCUT2D eigenvalue weighted by atomic mass is 16.5. The first-order valence-electron chi connectivity index (χ1n) is 4.42. The highest BCUT2D eigenvalue weighted by molar-refractivity contribution is 5.39. The van der Waals surface area contributed by atoms with Gasteiger partial charge in [0.15, 0.2) is 0 Å². The predicted molar refractivity (Wildman–Crippen MR) is 54.8 cm³/mol. The Labute approximate surface area is 87.3 Å². The zero-order chi connectivity index (χ0) is 10.7. The number of benzene rings is 1. The van der Waals surface area contributed by atoms with Crippen LogP contribution in [0, 0.1) is 11.3 Å². The Kier molecular flexibility index (Phi) is 2.38. The Morgan fingerprint density at radius 2 is 2.33 bits per heavy atom. The fourth-order valence-electron chi connectivity index (χ4n) is 1.27. The average Bonchev–Trinajstić information content (AvgIpc) is 2.78. The number of rotatable bonds is 2. The molecule has 2 rings (SSSR count). The van der Waals surface area contributed by atoms with Crippen molar-refractivity contribution in [3.05, 3.63) is 42.2 Å².